The molecule has 2 N–H and O–H groups in total. The van der Waals surface area contributed by atoms with Gasteiger partial charge < -0.3 is 5.32 Å². The zero-order valence-electron chi connectivity index (χ0n) is 12.6. The van der Waals surface area contributed by atoms with E-state index in [2.05, 4.69) is 15.1 Å². The van der Waals surface area contributed by atoms with Crippen LogP contribution in [0.15, 0.2) is 24.4 Å². The molecule has 114 valence electrons. The molecule has 0 aliphatic rings. The summed E-state index contributed by atoms with van der Waals surface area (Å²) in [5.74, 6) is 0. The third-order valence-corrected chi connectivity index (χ3v) is 3.93. The summed E-state index contributed by atoms with van der Waals surface area (Å²) in [5.41, 5.74) is 4.66. The second kappa shape index (κ2) is 5.77. The highest BCUT2D eigenvalue weighted by Gasteiger charge is 2.07. The number of sulfonamides is 1. The lowest BCUT2D eigenvalue weighted by Gasteiger charge is -2.11. The number of benzene rings is 1. The Kier molecular flexibility index (Phi) is 4.22. The van der Waals surface area contributed by atoms with E-state index >= 15 is 0 Å². The zero-order valence-corrected chi connectivity index (χ0v) is 13.5. The van der Waals surface area contributed by atoms with Gasteiger partial charge in [0.15, 0.2) is 0 Å². The Labute approximate surface area is 125 Å². The highest BCUT2D eigenvalue weighted by atomic mass is 32.2. The monoisotopic (exact) mass is 308 g/mol. The van der Waals surface area contributed by atoms with Gasteiger partial charge in [0, 0.05) is 30.5 Å². The summed E-state index contributed by atoms with van der Waals surface area (Å²) in [5, 5.41) is 7.52. The first kappa shape index (κ1) is 15.4. The predicted molar refractivity (Wildman–Crippen MR) is 84.9 cm³/mol. The van der Waals surface area contributed by atoms with E-state index in [0.717, 1.165) is 28.8 Å². The minimum Gasteiger partial charge on any atom is -0.381 e. The summed E-state index contributed by atoms with van der Waals surface area (Å²) in [7, 11) is -1.34. The Balaban J connectivity index is 2.08. The standard InChI is InChI=1S/C14H20N4O2S/c1-10-7-13(5-6-14(10)17-21(4,19)20)15-8-12-9-16-18(3)11(12)2/h5-7,9,15,17H,8H2,1-4H3. The van der Waals surface area contributed by atoms with E-state index in [9.17, 15) is 8.42 Å². The summed E-state index contributed by atoms with van der Waals surface area (Å²) in [4.78, 5) is 0. The molecular formula is C14H20N4O2S. The molecule has 0 atom stereocenters. The average Bonchev–Trinajstić information content (AvgIpc) is 2.69. The molecule has 0 aliphatic heterocycles. The predicted octanol–water partition coefficient (Wildman–Crippen LogP) is 2.02. The van der Waals surface area contributed by atoms with Crippen LogP contribution < -0.4 is 10.0 Å². The van der Waals surface area contributed by atoms with Crippen molar-refractivity contribution in [2.45, 2.75) is 20.4 Å². The van der Waals surface area contributed by atoms with Crippen molar-refractivity contribution in [3.05, 3.63) is 41.2 Å². The number of nitrogens with one attached hydrogen (secondary N) is 2. The summed E-state index contributed by atoms with van der Waals surface area (Å²) in [6.07, 6.45) is 2.98. The van der Waals surface area contributed by atoms with Crippen molar-refractivity contribution in [3.63, 3.8) is 0 Å². The molecule has 1 aromatic heterocycles. The Morgan fingerprint density at radius 1 is 1.29 bits per heavy atom. The molecule has 0 saturated heterocycles. The van der Waals surface area contributed by atoms with Crippen LogP contribution in [0.4, 0.5) is 11.4 Å². The minimum absolute atomic E-state index is 0.598. The number of anilines is 2. The van der Waals surface area contributed by atoms with Crippen LogP contribution in [0.25, 0.3) is 0 Å². The molecular weight excluding hydrogens is 288 g/mol. The maximum Gasteiger partial charge on any atom is 0.229 e. The summed E-state index contributed by atoms with van der Waals surface area (Å²) in [6, 6.07) is 5.53. The van der Waals surface area contributed by atoms with Crippen molar-refractivity contribution in [1.82, 2.24) is 9.78 Å². The summed E-state index contributed by atoms with van der Waals surface area (Å²) in [6.45, 7) is 4.57. The van der Waals surface area contributed by atoms with Crippen molar-refractivity contribution in [3.8, 4) is 0 Å². The first-order valence-electron chi connectivity index (χ1n) is 6.56. The van der Waals surface area contributed by atoms with Gasteiger partial charge in [-0.3, -0.25) is 9.40 Å². The number of aromatic nitrogens is 2. The van der Waals surface area contributed by atoms with Gasteiger partial charge in [-0.15, -0.1) is 0 Å². The van der Waals surface area contributed by atoms with Crippen LogP contribution in [-0.4, -0.2) is 24.5 Å². The summed E-state index contributed by atoms with van der Waals surface area (Å²) < 4.78 is 26.8. The van der Waals surface area contributed by atoms with E-state index in [0.29, 0.717) is 12.2 Å². The fourth-order valence-corrected chi connectivity index (χ4v) is 2.63. The molecule has 21 heavy (non-hydrogen) atoms. The van der Waals surface area contributed by atoms with Gasteiger partial charge in [0.05, 0.1) is 18.1 Å². The lowest BCUT2D eigenvalue weighted by molar-refractivity contribution is 0.607. The molecule has 0 fully saturated rings. The lowest BCUT2D eigenvalue weighted by Crippen LogP contribution is -2.10. The fraction of sp³-hybridized carbons (Fsp3) is 0.357. The molecule has 0 aliphatic carbocycles. The number of aryl methyl sites for hydroxylation is 2. The molecule has 0 unspecified atom stereocenters. The van der Waals surface area contributed by atoms with Gasteiger partial charge in [-0.1, -0.05) is 0 Å². The van der Waals surface area contributed by atoms with Gasteiger partial charge in [0.2, 0.25) is 10.0 Å². The Bertz CT molecular complexity index is 750. The third kappa shape index (κ3) is 3.98. The number of nitrogens with zero attached hydrogens (tertiary/aromatic N) is 2. The number of hydrogen-bond donors (Lipinski definition) is 2. The number of rotatable bonds is 5. The van der Waals surface area contributed by atoms with Crippen LogP contribution >= 0.6 is 0 Å². The molecule has 7 heteroatoms. The van der Waals surface area contributed by atoms with Crippen molar-refractivity contribution in [1.29, 1.82) is 0 Å². The number of hydrogen-bond acceptors (Lipinski definition) is 4. The SMILES string of the molecule is Cc1cc(NCc2cnn(C)c2C)ccc1NS(C)(=O)=O. The van der Waals surface area contributed by atoms with Gasteiger partial charge in [-0.2, -0.15) is 5.10 Å². The molecule has 0 saturated carbocycles. The first-order chi connectivity index (χ1) is 9.76. The molecule has 0 radical (unpaired) electrons. The van der Waals surface area contributed by atoms with Crippen LogP contribution in [-0.2, 0) is 23.6 Å². The second-order valence-corrected chi connectivity index (χ2v) is 6.88. The normalized spacial score (nSPS) is 11.4. The van der Waals surface area contributed by atoms with Gasteiger partial charge in [-0.05, 0) is 37.6 Å². The molecule has 2 aromatic rings. The van der Waals surface area contributed by atoms with E-state index in [1.54, 1.807) is 6.07 Å². The van der Waals surface area contributed by atoms with Crippen molar-refractivity contribution in [2.75, 3.05) is 16.3 Å². The van der Waals surface area contributed by atoms with Crippen molar-refractivity contribution in [2.24, 2.45) is 7.05 Å². The van der Waals surface area contributed by atoms with E-state index < -0.39 is 10.0 Å². The average molecular weight is 308 g/mol. The molecule has 0 bridgehead atoms. The first-order valence-corrected chi connectivity index (χ1v) is 8.45. The second-order valence-electron chi connectivity index (χ2n) is 5.14. The fourth-order valence-electron chi connectivity index (χ4n) is 2.00. The maximum atomic E-state index is 11.3. The maximum absolute atomic E-state index is 11.3. The summed E-state index contributed by atoms with van der Waals surface area (Å²) >= 11 is 0. The smallest absolute Gasteiger partial charge is 0.229 e. The Morgan fingerprint density at radius 2 is 2.00 bits per heavy atom. The van der Waals surface area contributed by atoms with Crippen LogP contribution in [0.1, 0.15) is 16.8 Å². The molecule has 1 aromatic carbocycles. The van der Waals surface area contributed by atoms with E-state index in [1.165, 1.54) is 0 Å². The van der Waals surface area contributed by atoms with Gasteiger partial charge >= 0.3 is 0 Å². The lowest BCUT2D eigenvalue weighted by atomic mass is 10.2. The molecule has 0 amide bonds. The largest absolute Gasteiger partial charge is 0.381 e. The molecule has 1 heterocycles. The minimum atomic E-state index is -3.25. The Morgan fingerprint density at radius 3 is 2.52 bits per heavy atom. The van der Waals surface area contributed by atoms with E-state index in [-0.39, 0.29) is 0 Å². The topological polar surface area (TPSA) is 76.0 Å². The van der Waals surface area contributed by atoms with Crippen molar-refractivity contribution < 1.29 is 8.42 Å². The van der Waals surface area contributed by atoms with Crippen LogP contribution in [0.5, 0.6) is 0 Å². The van der Waals surface area contributed by atoms with E-state index in [4.69, 9.17) is 0 Å². The third-order valence-electron chi connectivity index (χ3n) is 3.34. The van der Waals surface area contributed by atoms with Crippen molar-refractivity contribution >= 4 is 21.4 Å². The molecule has 6 nitrogen and oxygen atoms in total. The van der Waals surface area contributed by atoms with Gasteiger partial charge in [0.1, 0.15) is 0 Å². The highest BCUT2D eigenvalue weighted by Crippen LogP contribution is 2.21. The molecule has 0 spiro atoms. The molecule has 2 rings (SSSR count). The van der Waals surface area contributed by atoms with E-state index in [1.807, 2.05) is 43.9 Å². The zero-order chi connectivity index (χ0) is 15.6. The van der Waals surface area contributed by atoms with Crippen LogP contribution in [0.3, 0.4) is 0 Å². The van der Waals surface area contributed by atoms with Gasteiger partial charge in [0.25, 0.3) is 0 Å². The Hall–Kier alpha value is -2.02. The quantitative estimate of drug-likeness (QED) is 0.886. The highest BCUT2D eigenvalue weighted by molar-refractivity contribution is 7.92. The van der Waals surface area contributed by atoms with Gasteiger partial charge in [-0.25, -0.2) is 8.42 Å². The van der Waals surface area contributed by atoms with Crippen LogP contribution in [0.2, 0.25) is 0 Å². The van der Waals surface area contributed by atoms with Crippen LogP contribution in [0, 0.1) is 13.8 Å².